The van der Waals surface area contributed by atoms with Crippen LogP contribution in [0.5, 0.6) is 0 Å². The van der Waals surface area contributed by atoms with Crippen molar-refractivity contribution in [1.82, 2.24) is 4.98 Å². The van der Waals surface area contributed by atoms with Crippen LogP contribution in [0.25, 0.3) is 10.9 Å². The van der Waals surface area contributed by atoms with E-state index in [2.05, 4.69) is 4.98 Å². The van der Waals surface area contributed by atoms with E-state index in [1.54, 1.807) is 4.90 Å². The Hall–Kier alpha value is -3.42. The van der Waals surface area contributed by atoms with Crippen LogP contribution < -0.4 is 9.80 Å². The van der Waals surface area contributed by atoms with Crippen LogP contribution in [0.15, 0.2) is 48.5 Å². The summed E-state index contributed by atoms with van der Waals surface area (Å²) in [7, 11) is 0. The van der Waals surface area contributed by atoms with Gasteiger partial charge in [-0.2, -0.15) is 0 Å². The molecule has 0 saturated carbocycles. The van der Waals surface area contributed by atoms with Crippen molar-refractivity contribution < 1.29 is 14.1 Å². The molecule has 1 aromatic heterocycles. The molecule has 8 heteroatoms. The van der Waals surface area contributed by atoms with Gasteiger partial charge in [0, 0.05) is 30.5 Å². The maximum absolute atomic E-state index is 13.4. The Balaban J connectivity index is 1.62. The predicted molar refractivity (Wildman–Crippen MR) is 101 cm³/mol. The van der Waals surface area contributed by atoms with Crippen LogP contribution in [-0.4, -0.2) is 41.9 Å². The Morgan fingerprint density at radius 1 is 1.19 bits per heavy atom. The van der Waals surface area contributed by atoms with Gasteiger partial charge in [-0.3, -0.25) is 10.1 Å². The van der Waals surface area contributed by atoms with Gasteiger partial charge in [0.25, 0.3) is 5.69 Å². The lowest BCUT2D eigenvalue weighted by molar-refractivity contribution is -0.384. The van der Waals surface area contributed by atoms with Gasteiger partial charge in [0.1, 0.15) is 29.7 Å². The lowest BCUT2D eigenvalue weighted by atomic mass is 10.1. The Morgan fingerprint density at radius 2 is 2.00 bits per heavy atom. The number of aromatic amines is 1. The van der Waals surface area contributed by atoms with Gasteiger partial charge < -0.3 is 19.6 Å². The molecule has 1 atom stereocenters. The number of fused-ring (bicyclic) bond motifs is 1. The molecule has 0 amide bonds. The fraction of sp³-hybridized carbons (Fsp3) is 0.211. The molecule has 1 N–H and O–H groups in total. The summed E-state index contributed by atoms with van der Waals surface area (Å²) in [5, 5.41) is 12.3. The minimum atomic E-state index is -0.658. The first kappa shape index (κ1) is 17.0. The van der Waals surface area contributed by atoms with Crippen molar-refractivity contribution in [2.45, 2.75) is 6.04 Å². The van der Waals surface area contributed by atoms with Crippen molar-refractivity contribution >= 4 is 34.4 Å². The van der Waals surface area contributed by atoms with Crippen molar-refractivity contribution in [2.24, 2.45) is 0 Å². The number of carbonyl (C=O) groups is 1. The minimum Gasteiger partial charge on any atom is -0.362 e. The van der Waals surface area contributed by atoms with Crippen LogP contribution in [0.2, 0.25) is 0 Å². The maximum Gasteiger partial charge on any atom is 0.295 e. The summed E-state index contributed by atoms with van der Waals surface area (Å²) in [5.74, 6) is 0.177. The fourth-order valence-electron chi connectivity index (χ4n) is 3.57. The first-order valence-corrected chi connectivity index (χ1v) is 8.55. The number of anilines is 2. The molecule has 3 aromatic rings. The smallest absolute Gasteiger partial charge is 0.295 e. The van der Waals surface area contributed by atoms with Crippen molar-refractivity contribution in [2.75, 3.05) is 29.4 Å². The van der Waals surface area contributed by atoms with Gasteiger partial charge in [-0.15, -0.1) is 0 Å². The lowest BCUT2D eigenvalue weighted by Gasteiger charge is -2.40. The Morgan fingerprint density at radius 3 is 2.74 bits per heavy atom. The number of benzene rings is 2. The molecule has 0 radical (unpaired) electrons. The number of hydrogen-bond donors (Lipinski definition) is 1. The number of hydrogen-bond acceptors (Lipinski definition) is 5. The molecule has 0 aliphatic carbocycles. The molecule has 1 aliphatic heterocycles. The quantitative estimate of drug-likeness (QED) is 0.435. The van der Waals surface area contributed by atoms with Gasteiger partial charge >= 0.3 is 0 Å². The van der Waals surface area contributed by atoms with Gasteiger partial charge in [0.15, 0.2) is 0 Å². The molecule has 1 unspecified atom stereocenters. The fourth-order valence-corrected chi connectivity index (χ4v) is 3.57. The molecule has 138 valence electrons. The van der Waals surface area contributed by atoms with Crippen molar-refractivity contribution in [1.29, 1.82) is 0 Å². The number of nitrogens with zero attached hydrogens (tertiary/aromatic N) is 3. The van der Waals surface area contributed by atoms with Crippen LogP contribution >= 0.6 is 0 Å². The zero-order valence-corrected chi connectivity index (χ0v) is 14.3. The minimum absolute atomic E-state index is 0.283. The number of aldehydes is 1. The Bertz CT molecular complexity index is 986. The van der Waals surface area contributed by atoms with Gasteiger partial charge in [0.2, 0.25) is 0 Å². The van der Waals surface area contributed by atoms with Crippen molar-refractivity contribution in [3.8, 4) is 0 Å². The first-order chi connectivity index (χ1) is 13.1. The number of rotatable bonds is 4. The monoisotopic (exact) mass is 368 g/mol. The molecule has 2 aromatic carbocycles. The maximum atomic E-state index is 13.4. The molecule has 27 heavy (non-hydrogen) atoms. The Kier molecular flexibility index (Phi) is 4.23. The van der Waals surface area contributed by atoms with Crippen molar-refractivity contribution in [3.05, 3.63) is 64.5 Å². The highest BCUT2D eigenvalue weighted by atomic mass is 19.1. The van der Waals surface area contributed by atoms with Gasteiger partial charge in [0.05, 0.1) is 11.0 Å². The zero-order chi connectivity index (χ0) is 19.0. The highest BCUT2D eigenvalue weighted by Gasteiger charge is 2.31. The molecule has 1 aliphatic rings. The molecular weight excluding hydrogens is 351 g/mol. The molecule has 2 heterocycles. The van der Waals surface area contributed by atoms with Crippen LogP contribution in [0.1, 0.15) is 0 Å². The number of H-pyrrole nitrogens is 1. The summed E-state index contributed by atoms with van der Waals surface area (Å²) in [5.41, 5.74) is 1.01. The summed E-state index contributed by atoms with van der Waals surface area (Å²) >= 11 is 0. The van der Waals surface area contributed by atoms with E-state index in [0.717, 1.165) is 29.1 Å². The number of carbonyl (C=O) groups excluding carboxylic acids is 1. The summed E-state index contributed by atoms with van der Waals surface area (Å²) in [6.45, 7) is 1.27. The highest BCUT2D eigenvalue weighted by Crippen LogP contribution is 2.32. The molecule has 0 bridgehead atoms. The van der Waals surface area contributed by atoms with E-state index in [-0.39, 0.29) is 12.2 Å². The van der Waals surface area contributed by atoms with Crippen molar-refractivity contribution in [3.63, 3.8) is 0 Å². The van der Waals surface area contributed by atoms with E-state index in [4.69, 9.17) is 0 Å². The normalized spacial score (nSPS) is 17.3. The predicted octanol–water partition coefficient (Wildman–Crippen LogP) is 3.11. The topological polar surface area (TPSA) is 82.5 Å². The second kappa shape index (κ2) is 6.71. The number of nitro groups is 1. The number of nitro benzene ring substituents is 1. The SMILES string of the molecule is O=CC1CN(c2ccc(F)cc2[N+](=O)[O-])CCN1c1cc2ccccc2[nH]1. The average Bonchev–Trinajstić information content (AvgIpc) is 3.11. The lowest BCUT2D eigenvalue weighted by Crippen LogP contribution is -2.54. The third kappa shape index (κ3) is 3.10. The van der Waals surface area contributed by atoms with Gasteiger partial charge in [-0.25, -0.2) is 4.39 Å². The zero-order valence-electron chi connectivity index (χ0n) is 14.3. The summed E-state index contributed by atoms with van der Waals surface area (Å²) < 4.78 is 13.4. The van der Waals surface area contributed by atoms with Crippen LogP contribution in [0, 0.1) is 15.9 Å². The molecule has 4 rings (SSSR count). The van der Waals surface area contributed by atoms with E-state index in [1.807, 2.05) is 35.2 Å². The second-order valence-corrected chi connectivity index (χ2v) is 6.47. The third-order valence-corrected chi connectivity index (χ3v) is 4.88. The molecule has 0 spiro atoms. The molecule has 1 saturated heterocycles. The molecular formula is C19H17FN4O3. The van der Waals surface area contributed by atoms with Gasteiger partial charge in [-0.05, 0) is 24.3 Å². The van der Waals surface area contributed by atoms with E-state index < -0.39 is 16.8 Å². The first-order valence-electron chi connectivity index (χ1n) is 8.55. The number of aromatic nitrogens is 1. The molecule has 7 nitrogen and oxygen atoms in total. The summed E-state index contributed by atoms with van der Waals surface area (Å²) in [4.78, 5) is 29.4. The number of piperazine rings is 1. The summed E-state index contributed by atoms with van der Waals surface area (Å²) in [6, 6.07) is 12.9. The van der Waals surface area contributed by atoms with Gasteiger partial charge in [-0.1, -0.05) is 18.2 Å². The van der Waals surface area contributed by atoms with E-state index in [0.29, 0.717) is 18.8 Å². The standard InChI is InChI=1S/C19H17FN4O3/c20-14-5-6-17(18(10-14)24(26)27)22-7-8-23(15(11-22)12-25)19-9-13-3-1-2-4-16(13)21-19/h1-6,9-10,12,15,21H,7-8,11H2. The van der Waals surface area contributed by atoms with Crippen LogP contribution in [0.3, 0.4) is 0 Å². The van der Waals surface area contributed by atoms with E-state index in [9.17, 15) is 19.3 Å². The van der Waals surface area contributed by atoms with E-state index >= 15 is 0 Å². The number of nitrogens with one attached hydrogen (secondary N) is 1. The van der Waals surface area contributed by atoms with Crippen LogP contribution in [0.4, 0.5) is 21.6 Å². The average molecular weight is 368 g/mol. The largest absolute Gasteiger partial charge is 0.362 e. The van der Waals surface area contributed by atoms with Crippen LogP contribution in [-0.2, 0) is 4.79 Å². The second-order valence-electron chi connectivity index (χ2n) is 6.47. The number of halogens is 1. The third-order valence-electron chi connectivity index (χ3n) is 4.88. The number of para-hydroxylation sites is 1. The Labute approximate surface area is 154 Å². The molecule has 1 fully saturated rings. The van der Waals surface area contributed by atoms with E-state index in [1.165, 1.54) is 12.1 Å². The highest BCUT2D eigenvalue weighted by molar-refractivity contribution is 5.85. The summed E-state index contributed by atoms with van der Waals surface area (Å²) in [6.07, 6.45) is 0.840.